The maximum atomic E-state index is 12.4. The van der Waals surface area contributed by atoms with E-state index < -0.39 is 0 Å². The summed E-state index contributed by atoms with van der Waals surface area (Å²) in [6, 6.07) is 10.0. The van der Waals surface area contributed by atoms with Crippen LogP contribution in [0.3, 0.4) is 0 Å². The zero-order chi connectivity index (χ0) is 14.1. The predicted octanol–water partition coefficient (Wildman–Crippen LogP) is 3.09. The standard InChI is InChI=1S/C16H26N2O.ClH/c1-3-13(2)15(14-9-5-4-6-10-14)16(19)18-12-8-7-11-17;/h4-6,9-10,13,15H,3,7-8,11-12,17H2,1-2H3,(H,18,19);1H. The highest BCUT2D eigenvalue weighted by Gasteiger charge is 2.25. The minimum Gasteiger partial charge on any atom is -0.356 e. The molecular formula is C16H27ClN2O. The first kappa shape index (κ1) is 18.9. The van der Waals surface area contributed by atoms with E-state index in [1.165, 1.54) is 0 Å². The summed E-state index contributed by atoms with van der Waals surface area (Å²) in [5.41, 5.74) is 6.56. The van der Waals surface area contributed by atoms with E-state index >= 15 is 0 Å². The normalized spacial score (nSPS) is 13.2. The molecule has 0 radical (unpaired) electrons. The molecule has 1 aromatic carbocycles. The van der Waals surface area contributed by atoms with Crippen LogP contribution in [-0.4, -0.2) is 19.0 Å². The summed E-state index contributed by atoms with van der Waals surface area (Å²) in [5, 5.41) is 3.04. The van der Waals surface area contributed by atoms with Gasteiger partial charge in [0, 0.05) is 6.54 Å². The number of hydrogen-bond acceptors (Lipinski definition) is 2. The molecule has 0 aliphatic rings. The van der Waals surface area contributed by atoms with Crippen molar-refractivity contribution in [3.8, 4) is 0 Å². The van der Waals surface area contributed by atoms with E-state index in [9.17, 15) is 4.79 Å². The van der Waals surface area contributed by atoms with Gasteiger partial charge in [-0.25, -0.2) is 0 Å². The molecule has 0 saturated carbocycles. The molecule has 0 saturated heterocycles. The number of benzene rings is 1. The number of nitrogens with one attached hydrogen (secondary N) is 1. The summed E-state index contributed by atoms with van der Waals surface area (Å²) in [6.45, 7) is 5.67. The van der Waals surface area contributed by atoms with Crippen molar-refractivity contribution in [3.05, 3.63) is 35.9 Å². The molecule has 0 bridgehead atoms. The topological polar surface area (TPSA) is 55.1 Å². The van der Waals surface area contributed by atoms with Crippen molar-refractivity contribution in [1.82, 2.24) is 5.32 Å². The van der Waals surface area contributed by atoms with Crippen LogP contribution in [0, 0.1) is 5.92 Å². The molecule has 0 spiro atoms. The van der Waals surface area contributed by atoms with E-state index in [-0.39, 0.29) is 24.2 Å². The van der Waals surface area contributed by atoms with Gasteiger partial charge in [-0.1, -0.05) is 50.6 Å². The lowest BCUT2D eigenvalue weighted by atomic mass is 9.85. The van der Waals surface area contributed by atoms with Gasteiger partial charge < -0.3 is 11.1 Å². The quantitative estimate of drug-likeness (QED) is 0.725. The maximum Gasteiger partial charge on any atom is 0.227 e. The highest BCUT2D eigenvalue weighted by Crippen LogP contribution is 2.27. The second-order valence-electron chi connectivity index (χ2n) is 5.06. The van der Waals surface area contributed by atoms with Crippen LogP contribution in [-0.2, 0) is 4.79 Å². The number of hydrogen-bond donors (Lipinski definition) is 2. The Hall–Kier alpha value is -1.06. The molecule has 4 heteroatoms. The minimum atomic E-state index is -0.0518. The number of nitrogens with two attached hydrogens (primary N) is 1. The number of amides is 1. The van der Waals surface area contributed by atoms with E-state index in [2.05, 4.69) is 19.2 Å². The Balaban J connectivity index is 0.00000361. The summed E-state index contributed by atoms with van der Waals surface area (Å²) >= 11 is 0. The van der Waals surface area contributed by atoms with Gasteiger partial charge >= 0.3 is 0 Å². The molecular weight excluding hydrogens is 272 g/mol. The average Bonchev–Trinajstić information content (AvgIpc) is 2.45. The summed E-state index contributed by atoms with van der Waals surface area (Å²) in [5.74, 6) is 0.429. The molecule has 2 atom stereocenters. The van der Waals surface area contributed by atoms with Crippen molar-refractivity contribution in [2.45, 2.75) is 39.0 Å². The van der Waals surface area contributed by atoms with Crippen molar-refractivity contribution in [2.24, 2.45) is 11.7 Å². The van der Waals surface area contributed by atoms with Crippen molar-refractivity contribution < 1.29 is 4.79 Å². The monoisotopic (exact) mass is 298 g/mol. The number of unbranched alkanes of at least 4 members (excludes halogenated alkanes) is 1. The predicted molar refractivity (Wildman–Crippen MR) is 87.2 cm³/mol. The first-order chi connectivity index (χ1) is 9.20. The third kappa shape index (κ3) is 5.93. The Morgan fingerprint density at radius 2 is 1.90 bits per heavy atom. The third-order valence-electron chi connectivity index (χ3n) is 3.58. The van der Waals surface area contributed by atoms with Crippen LogP contribution in [0.25, 0.3) is 0 Å². The number of carbonyl (C=O) groups is 1. The molecule has 0 fully saturated rings. The average molecular weight is 299 g/mol. The molecule has 0 aliphatic carbocycles. The molecule has 0 heterocycles. The molecule has 0 aromatic heterocycles. The van der Waals surface area contributed by atoms with Crippen molar-refractivity contribution in [1.29, 1.82) is 0 Å². The van der Waals surface area contributed by atoms with E-state index in [0.29, 0.717) is 12.5 Å². The molecule has 3 nitrogen and oxygen atoms in total. The first-order valence-corrected chi connectivity index (χ1v) is 7.23. The van der Waals surface area contributed by atoms with E-state index in [1.54, 1.807) is 0 Å². The van der Waals surface area contributed by atoms with Gasteiger partial charge in [-0.2, -0.15) is 0 Å². The fourth-order valence-corrected chi connectivity index (χ4v) is 2.23. The summed E-state index contributed by atoms with van der Waals surface area (Å²) in [7, 11) is 0. The summed E-state index contributed by atoms with van der Waals surface area (Å²) in [6.07, 6.45) is 2.90. The van der Waals surface area contributed by atoms with E-state index in [1.807, 2.05) is 30.3 Å². The highest BCUT2D eigenvalue weighted by molar-refractivity contribution is 5.85. The molecule has 2 unspecified atom stereocenters. The van der Waals surface area contributed by atoms with Crippen molar-refractivity contribution in [3.63, 3.8) is 0 Å². The van der Waals surface area contributed by atoms with Gasteiger partial charge in [0.05, 0.1) is 5.92 Å². The molecule has 1 aromatic rings. The third-order valence-corrected chi connectivity index (χ3v) is 3.58. The molecule has 3 N–H and O–H groups in total. The van der Waals surface area contributed by atoms with Crippen LogP contribution in [0.2, 0.25) is 0 Å². The Kier molecular flexibility index (Phi) is 10.1. The van der Waals surface area contributed by atoms with Gasteiger partial charge in [-0.3, -0.25) is 4.79 Å². The zero-order valence-electron chi connectivity index (χ0n) is 12.5. The fraction of sp³-hybridized carbons (Fsp3) is 0.562. The molecule has 114 valence electrons. The smallest absolute Gasteiger partial charge is 0.227 e. The van der Waals surface area contributed by atoms with Gasteiger partial charge in [0.25, 0.3) is 0 Å². The van der Waals surface area contributed by atoms with Crippen LogP contribution in [0.15, 0.2) is 30.3 Å². The largest absolute Gasteiger partial charge is 0.356 e. The van der Waals surface area contributed by atoms with Crippen LogP contribution in [0.5, 0.6) is 0 Å². The molecule has 1 amide bonds. The molecule has 20 heavy (non-hydrogen) atoms. The highest BCUT2D eigenvalue weighted by atomic mass is 35.5. The van der Waals surface area contributed by atoms with Crippen molar-refractivity contribution in [2.75, 3.05) is 13.1 Å². The Morgan fingerprint density at radius 3 is 2.45 bits per heavy atom. The zero-order valence-corrected chi connectivity index (χ0v) is 13.3. The second-order valence-corrected chi connectivity index (χ2v) is 5.06. The fourth-order valence-electron chi connectivity index (χ4n) is 2.23. The van der Waals surface area contributed by atoms with Gasteiger partial charge in [0.2, 0.25) is 5.91 Å². The molecule has 0 aliphatic heterocycles. The Labute approximate surface area is 128 Å². The van der Waals surface area contributed by atoms with E-state index in [4.69, 9.17) is 5.73 Å². The lowest BCUT2D eigenvalue weighted by molar-refractivity contribution is -0.123. The van der Waals surface area contributed by atoms with Gasteiger partial charge in [-0.05, 0) is 30.9 Å². The minimum absolute atomic E-state index is 0. The van der Waals surface area contributed by atoms with Crippen LogP contribution < -0.4 is 11.1 Å². The van der Waals surface area contributed by atoms with Crippen LogP contribution in [0.1, 0.15) is 44.6 Å². The number of rotatable bonds is 8. The first-order valence-electron chi connectivity index (χ1n) is 7.23. The number of carbonyl (C=O) groups excluding carboxylic acids is 1. The van der Waals surface area contributed by atoms with Gasteiger partial charge in [0.15, 0.2) is 0 Å². The van der Waals surface area contributed by atoms with Crippen LogP contribution >= 0.6 is 12.4 Å². The number of halogens is 1. The Bertz CT molecular complexity index is 370. The van der Waals surface area contributed by atoms with Crippen molar-refractivity contribution >= 4 is 18.3 Å². The lowest BCUT2D eigenvalue weighted by Crippen LogP contribution is -2.33. The molecule has 1 rings (SSSR count). The van der Waals surface area contributed by atoms with Gasteiger partial charge in [0.1, 0.15) is 0 Å². The lowest BCUT2D eigenvalue weighted by Gasteiger charge is -2.22. The van der Waals surface area contributed by atoms with E-state index in [0.717, 1.165) is 31.4 Å². The summed E-state index contributed by atoms with van der Waals surface area (Å²) in [4.78, 5) is 12.4. The maximum absolute atomic E-state index is 12.4. The Morgan fingerprint density at radius 1 is 1.25 bits per heavy atom. The second kappa shape index (κ2) is 10.7. The SMILES string of the molecule is CCC(C)C(C(=O)NCCCCN)c1ccccc1.Cl. The van der Waals surface area contributed by atoms with Crippen LogP contribution in [0.4, 0.5) is 0 Å². The van der Waals surface area contributed by atoms with Gasteiger partial charge in [-0.15, -0.1) is 12.4 Å². The summed E-state index contributed by atoms with van der Waals surface area (Å²) < 4.78 is 0.